The number of rotatable bonds is 1. The van der Waals surface area contributed by atoms with E-state index in [1.807, 2.05) is 31.4 Å². The molecular formula is C9H11N5. The second-order valence-electron chi connectivity index (χ2n) is 3.08. The van der Waals surface area contributed by atoms with Crippen molar-refractivity contribution in [2.45, 2.75) is 0 Å². The summed E-state index contributed by atoms with van der Waals surface area (Å²) in [6.45, 7) is 0. The molecule has 0 radical (unpaired) electrons. The van der Waals surface area contributed by atoms with Gasteiger partial charge in [0.05, 0.1) is 11.2 Å². The highest BCUT2D eigenvalue weighted by Gasteiger charge is 1.98. The van der Waals surface area contributed by atoms with Crippen molar-refractivity contribution in [3.05, 3.63) is 24.4 Å². The van der Waals surface area contributed by atoms with Gasteiger partial charge in [-0.05, 0) is 18.2 Å². The van der Waals surface area contributed by atoms with Crippen LogP contribution >= 0.6 is 0 Å². The summed E-state index contributed by atoms with van der Waals surface area (Å²) in [5, 5.41) is 5.26. The van der Waals surface area contributed by atoms with E-state index in [0.717, 1.165) is 16.6 Å². The molecule has 0 bridgehead atoms. The van der Waals surface area contributed by atoms with E-state index in [-0.39, 0.29) is 5.96 Å². The van der Waals surface area contributed by atoms with Gasteiger partial charge in [-0.2, -0.15) is 5.10 Å². The highest BCUT2D eigenvalue weighted by molar-refractivity contribution is 5.84. The summed E-state index contributed by atoms with van der Waals surface area (Å²) in [4.78, 5) is 3.95. The molecule has 0 unspecified atom stereocenters. The molecule has 1 heterocycles. The summed E-state index contributed by atoms with van der Waals surface area (Å²) in [6.07, 6.45) is 1.92. The van der Waals surface area contributed by atoms with Crippen LogP contribution in [-0.4, -0.2) is 15.7 Å². The number of aromatic nitrogens is 2. The standard InChI is InChI=1S/C9H11N5/c1-14-5-6-4-7(12-9(10)11)2-3-8(6)13-14/h2-5H,1H3,(H4,10,11,12). The Labute approximate surface area is 81.0 Å². The van der Waals surface area contributed by atoms with Crippen molar-refractivity contribution in [3.8, 4) is 0 Å². The molecule has 0 spiro atoms. The van der Waals surface area contributed by atoms with Gasteiger partial charge in [0.15, 0.2) is 5.96 Å². The maximum absolute atomic E-state index is 5.28. The Morgan fingerprint density at radius 3 is 2.93 bits per heavy atom. The zero-order valence-electron chi connectivity index (χ0n) is 7.81. The fourth-order valence-corrected chi connectivity index (χ4v) is 1.36. The van der Waals surface area contributed by atoms with E-state index >= 15 is 0 Å². The summed E-state index contributed by atoms with van der Waals surface area (Å²) in [7, 11) is 1.88. The van der Waals surface area contributed by atoms with Gasteiger partial charge < -0.3 is 11.5 Å². The maximum Gasteiger partial charge on any atom is 0.191 e. The molecule has 0 atom stereocenters. The zero-order chi connectivity index (χ0) is 10.1. The number of aliphatic imine (C=N–C) groups is 1. The van der Waals surface area contributed by atoms with E-state index in [9.17, 15) is 0 Å². The highest BCUT2D eigenvalue weighted by Crippen LogP contribution is 2.19. The Hall–Kier alpha value is -2.04. The van der Waals surface area contributed by atoms with Crippen LogP contribution in [-0.2, 0) is 7.05 Å². The monoisotopic (exact) mass is 189 g/mol. The molecule has 72 valence electrons. The molecule has 4 N–H and O–H groups in total. The quantitative estimate of drug-likeness (QED) is 0.505. The summed E-state index contributed by atoms with van der Waals surface area (Å²) in [5.74, 6) is 0.0632. The summed E-state index contributed by atoms with van der Waals surface area (Å²) < 4.78 is 1.75. The minimum atomic E-state index is 0.0632. The molecule has 1 aromatic heterocycles. The lowest BCUT2D eigenvalue weighted by atomic mass is 10.2. The minimum Gasteiger partial charge on any atom is -0.370 e. The first-order valence-corrected chi connectivity index (χ1v) is 4.18. The molecule has 0 aliphatic rings. The van der Waals surface area contributed by atoms with Crippen LogP contribution < -0.4 is 11.5 Å². The van der Waals surface area contributed by atoms with Crippen molar-refractivity contribution in [3.63, 3.8) is 0 Å². The number of nitrogens with zero attached hydrogens (tertiary/aromatic N) is 3. The minimum absolute atomic E-state index is 0.0632. The molecule has 1 aromatic carbocycles. The van der Waals surface area contributed by atoms with Gasteiger partial charge in [-0.3, -0.25) is 4.68 Å². The van der Waals surface area contributed by atoms with Gasteiger partial charge in [-0.25, -0.2) is 4.99 Å². The van der Waals surface area contributed by atoms with E-state index in [0.29, 0.717) is 0 Å². The molecule has 0 amide bonds. The van der Waals surface area contributed by atoms with Gasteiger partial charge in [-0.15, -0.1) is 0 Å². The average Bonchev–Trinajstić information content (AvgIpc) is 2.42. The molecule has 0 saturated heterocycles. The molecule has 0 fully saturated rings. The molecular weight excluding hydrogens is 178 g/mol. The summed E-state index contributed by atoms with van der Waals surface area (Å²) >= 11 is 0. The van der Waals surface area contributed by atoms with Crippen molar-refractivity contribution in [1.82, 2.24) is 9.78 Å². The normalized spacial score (nSPS) is 10.4. The third kappa shape index (κ3) is 1.52. The smallest absolute Gasteiger partial charge is 0.191 e. The molecule has 14 heavy (non-hydrogen) atoms. The molecule has 0 aliphatic heterocycles. The number of benzene rings is 1. The van der Waals surface area contributed by atoms with Crippen LogP contribution in [0, 0.1) is 0 Å². The van der Waals surface area contributed by atoms with Gasteiger partial charge in [0.2, 0.25) is 0 Å². The largest absolute Gasteiger partial charge is 0.370 e. The number of guanidine groups is 1. The van der Waals surface area contributed by atoms with E-state index in [2.05, 4.69) is 10.1 Å². The molecule has 0 saturated carbocycles. The predicted molar refractivity (Wildman–Crippen MR) is 56.2 cm³/mol. The molecule has 0 aliphatic carbocycles. The van der Waals surface area contributed by atoms with E-state index in [1.165, 1.54) is 0 Å². The number of fused-ring (bicyclic) bond motifs is 1. The fraction of sp³-hybridized carbons (Fsp3) is 0.111. The summed E-state index contributed by atoms with van der Waals surface area (Å²) in [6, 6.07) is 5.61. The van der Waals surface area contributed by atoms with Crippen molar-refractivity contribution >= 4 is 22.5 Å². The lowest BCUT2D eigenvalue weighted by Gasteiger charge is -1.93. The van der Waals surface area contributed by atoms with Crippen LogP contribution in [0.3, 0.4) is 0 Å². The first kappa shape index (κ1) is 8.55. The van der Waals surface area contributed by atoms with Crippen LogP contribution in [0.25, 0.3) is 10.9 Å². The molecule has 5 heteroatoms. The zero-order valence-corrected chi connectivity index (χ0v) is 7.81. The third-order valence-electron chi connectivity index (χ3n) is 1.86. The van der Waals surface area contributed by atoms with Gasteiger partial charge in [0.25, 0.3) is 0 Å². The number of nitrogens with two attached hydrogens (primary N) is 2. The Balaban J connectivity index is 2.56. The second kappa shape index (κ2) is 3.02. The number of hydrogen-bond acceptors (Lipinski definition) is 2. The van der Waals surface area contributed by atoms with Crippen LogP contribution in [0.4, 0.5) is 5.69 Å². The van der Waals surface area contributed by atoms with Gasteiger partial charge in [0, 0.05) is 18.6 Å². The lowest BCUT2D eigenvalue weighted by Crippen LogP contribution is -2.21. The van der Waals surface area contributed by atoms with Gasteiger partial charge in [0.1, 0.15) is 0 Å². The van der Waals surface area contributed by atoms with E-state index in [1.54, 1.807) is 4.68 Å². The Morgan fingerprint density at radius 1 is 1.43 bits per heavy atom. The number of hydrogen-bond donors (Lipinski definition) is 2. The van der Waals surface area contributed by atoms with Crippen molar-refractivity contribution in [2.75, 3.05) is 0 Å². The molecule has 2 aromatic rings. The Kier molecular flexibility index (Phi) is 1.85. The van der Waals surface area contributed by atoms with Crippen LogP contribution in [0.15, 0.2) is 29.4 Å². The van der Waals surface area contributed by atoms with Gasteiger partial charge >= 0.3 is 0 Å². The van der Waals surface area contributed by atoms with Gasteiger partial charge in [-0.1, -0.05) is 0 Å². The lowest BCUT2D eigenvalue weighted by molar-refractivity contribution is 0.780. The fourth-order valence-electron chi connectivity index (χ4n) is 1.36. The predicted octanol–water partition coefficient (Wildman–Crippen LogP) is 0.478. The van der Waals surface area contributed by atoms with E-state index in [4.69, 9.17) is 11.5 Å². The van der Waals surface area contributed by atoms with Crippen molar-refractivity contribution in [2.24, 2.45) is 23.5 Å². The van der Waals surface area contributed by atoms with Crippen molar-refractivity contribution < 1.29 is 0 Å². The first-order chi connectivity index (χ1) is 6.65. The van der Waals surface area contributed by atoms with E-state index < -0.39 is 0 Å². The molecule has 2 rings (SSSR count). The maximum atomic E-state index is 5.28. The highest BCUT2D eigenvalue weighted by atomic mass is 15.2. The summed E-state index contributed by atoms with van der Waals surface area (Å²) in [5.41, 5.74) is 12.2. The molecule has 5 nitrogen and oxygen atoms in total. The number of aryl methyl sites for hydroxylation is 1. The van der Waals surface area contributed by atoms with Crippen LogP contribution in [0.1, 0.15) is 0 Å². The van der Waals surface area contributed by atoms with Crippen molar-refractivity contribution in [1.29, 1.82) is 0 Å². The Morgan fingerprint density at radius 2 is 2.21 bits per heavy atom. The topological polar surface area (TPSA) is 82.2 Å². The second-order valence-corrected chi connectivity index (χ2v) is 3.08. The van der Waals surface area contributed by atoms with Crippen LogP contribution in [0.5, 0.6) is 0 Å². The van der Waals surface area contributed by atoms with Crippen LogP contribution in [0.2, 0.25) is 0 Å². The average molecular weight is 189 g/mol. The Bertz CT molecular complexity index is 493. The SMILES string of the molecule is Cn1cc2cc(N=C(N)N)ccc2n1. The third-order valence-corrected chi connectivity index (χ3v) is 1.86. The first-order valence-electron chi connectivity index (χ1n) is 4.18.